The van der Waals surface area contributed by atoms with Gasteiger partial charge in [-0.05, 0) is 58.7 Å². The third-order valence-electron chi connectivity index (χ3n) is 9.50. The molecule has 52 heavy (non-hydrogen) atoms. The zero-order chi connectivity index (χ0) is 35.0. The van der Waals surface area contributed by atoms with Crippen molar-refractivity contribution in [3.05, 3.63) is 174 Å². The predicted molar refractivity (Wildman–Crippen MR) is 211 cm³/mol. The SMILES string of the molecule is COC1=CC(=O)c2nc1c(-c1ccccc1)c1ccc([nH]1)c(-c1ccccc1)c1nc(c(-c3ccccc3)c3ccc([nH]3)c2-c2ccccc2)C=C1. The van der Waals surface area contributed by atoms with Gasteiger partial charge in [0, 0.05) is 50.4 Å². The summed E-state index contributed by atoms with van der Waals surface area (Å²) in [6, 6.07) is 48.8. The number of rotatable bonds is 5. The number of carbonyl (C=O) groups excluding carboxylic acids is 1. The van der Waals surface area contributed by atoms with E-state index < -0.39 is 0 Å². The predicted octanol–water partition coefficient (Wildman–Crippen LogP) is 11.0. The van der Waals surface area contributed by atoms with Crippen molar-refractivity contribution in [3.8, 4) is 44.5 Å². The monoisotopic (exact) mass is 672 g/mol. The van der Waals surface area contributed by atoms with Crippen LogP contribution in [0.25, 0.3) is 84.5 Å². The van der Waals surface area contributed by atoms with Gasteiger partial charge in [0.2, 0.25) is 5.78 Å². The molecule has 0 fully saturated rings. The van der Waals surface area contributed by atoms with Gasteiger partial charge in [-0.15, -0.1) is 0 Å². The maximum Gasteiger partial charge on any atom is 0.208 e. The zero-order valence-corrected chi connectivity index (χ0v) is 28.3. The molecule has 0 radical (unpaired) electrons. The van der Waals surface area contributed by atoms with Crippen LogP contribution in [0.5, 0.6) is 0 Å². The zero-order valence-electron chi connectivity index (χ0n) is 28.3. The standard InChI is InChI=1S/C46H32N4O2/c1-52-40-28-39(51)45-43(31-18-10-4-11-19-31)37-26-24-35(48-37)41(29-14-6-2-7-15-29)33-22-23-34(47-33)42(30-16-8-3-9-17-30)36-25-27-38(49-36)44(46(40)50-45)32-20-12-5-13-21-32/h2-28,48-49H,1H3. The Morgan fingerprint density at radius 3 is 1.21 bits per heavy atom. The van der Waals surface area contributed by atoms with Crippen LogP contribution in [0.1, 0.15) is 27.6 Å². The third-order valence-corrected chi connectivity index (χ3v) is 9.50. The molecule has 2 aliphatic rings. The number of aromatic nitrogens is 4. The molecule has 8 bridgehead atoms. The molecule has 0 aliphatic carbocycles. The third kappa shape index (κ3) is 5.43. The lowest BCUT2D eigenvalue weighted by molar-refractivity contribution is 0.103. The van der Waals surface area contributed by atoms with Crippen molar-refractivity contribution in [1.82, 2.24) is 19.9 Å². The number of fused-ring (bicyclic) bond motifs is 8. The highest BCUT2D eigenvalue weighted by atomic mass is 16.5. The van der Waals surface area contributed by atoms with Crippen LogP contribution in [-0.2, 0) is 4.74 Å². The molecular formula is C46H32N4O2. The van der Waals surface area contributed by atoms with E-state index >= 15 is 0 Å². The van der Waals surface area contributed by atoms with Crippen LogP contribution in [-0.4, -0.2) is 32.8 Å². The number of hydrogen-bond donors (Lipinski definition) is 2. The lowest BCUT2D eigenvalue weighted by Crippen LogP contribution is -2.11. The summed E-state index contributed by atoms with van der Waals surface area (Å²) in [7, 11) is 1.58. The Morgan fingerprint density at radius 1 is 0.442 bits per heavy atom. The molecule has 0 amide bonds. The van der Waals surface area contributed by atoms with Gasteiger partial charge in [-0.25, -0.2) is 9.97 Å². The second kappa shape index (κ2) is 13.0. The number of allylic oxidation sites excluding steroid dienone is 1. The Balaban J connectivity index is 1.53. The number of benzene rings is 4. The second-order valence-electron chi connectivity index (χ2n) is 12.6. The van der Waals surface area contributed by atoms with Gasteiger partial charge in [-0.2, -0.15) is 0 Å². The average Bonchev–Trinajstić information content (AvgIpc) is 3.98. The lowest BCUT2D eigenvalue weighted by atomic mass is 9.97. The number of methoxy groups -OCH3 is 1. The molecule has 2 aliphatic heterocycles. The van der Waals surface area contributed by atoms with Crippen molar-refractivity contribution in [1.29, 1.82) is 0 Å². The molecule has 7 aromatic rings. The molecule has 0 spiro atoms. The van der Waals surface area contributed by atoms with E-state index in [1.807, 2.05) is 103 Å². The minimum atomic E-state index is -0.245. The van der Waals surface area contributed by atoms with E-state index in [0.717, 1.165) is 72.4 Å². The lowest BCUT2D eigenvalue weighted by Gasteiger charge is -2.16. The van der Waals surface area contributed by atoms with E-state index in [-0.39, 0.29) is 5.78 Å². The highest BCUT2D eigenvalue weighted by Crippen LogP contribution is 2.39. The van der Waals surface area contributed by atoms with E-state index in [4.69, 9.17) is 14.7 Å². The minimum Gasteiger partial charge on any atom is -0.494 e. The fourth-order valence-corrected chi connectivity index (χ4v) is 7.15. The number of ketones is 1. The first-order valence-electron chi connectivity index (χ1n) is 17.2. The maximum absolute atomic E-state index is 14.2. The maximum atomic E-state index is 14.2. The fourth-order valence-electron chi connectivity index (χ4n) is 7.15. The average molecular weight is 673 g/mol. The van der Waals surface area contributed by atoms with Crippen LogP contribution in [0, 0.1) is 0 Å². The van der Waals surface area contributed by atoms with Gasteiger partial charge in [0.25, 0.3) is 0 Å². The smallest absolute Gasteiger partial charge is 0.208 e. The van der Waals surface area contributed by atoms with Gasteiger partial charge in [0.15, 0.2) is 0 Å². The largest absolute Gasteiger partial charge is 0.494 e. The number of ether oxygens (including phenoxy) is 1. The topological polar surface area (TPSA) is 83.7 Å². The first kappa shape index (κ1) is 31.0. The number of H-pyrrole nitrogens is 2. The minimum absolute atomic E-state index is 0.245. The summed E-state index contributed by atoms with van der Waals surface area (Å²) < 4.78 is 5.92. The van der Waals surface area contributed by atoms with Crippen LogP contribution in [0.4, 0.5) is 0 Å². The van der Waals surface area contributed by atoms with Crippen molar-refractivity contribution in [2.75, 3.05) is 7.11 Å². The Morgan fingerprint density at radius 2 is 0.808 bits per heavy atom. The number of aromatic amines is 2. The molecule has 9 rings (SSSR count). The Hall–Kier alpha value is -7.05. The van der Waals surface area contributed by atoms with Gasteiger partial charge in [-0.1, -0.05) is 121 Å². The molecule has 5 heterocycles. The van der Waals surface area contributed by atoms with Gasteiger partial charge in [0.1, 0.15) is 17.1 Å². The second-order valence-corrected chi connectivity index (χ2v) is 12.6. The molecule has 0 saturated carbocycles. The Kier molecular flexibility index (Phi) is 7.75. The Labute approximate surface area is 300 Å². The summed E-state index contributed by atoms with van der Waals surface area (Å²) in [5, 5.41) is 0. The summed E-state index contributed by atoms with van der Waals surface area (Å²) in [4.78, 5) is 32.2. The van der Waals surface area contributed by atoms with E-state index in [2.05, 4.69) is 64.6 Å². The number of nitrogens with zero attached hydrogens (tertiary/aromatic N) is 2. The van der Waals surface area contributed by atoms with Crippen LogP contribution in [0.3, 0.4) is 0 Å². The summed E-state index contributed by atoms with van der Waals surface area (Å²) >= 11 is 0. The molecule has 2 N–H and O–H groups in total. The van der Waals surface area contributed by atoms with Gasteiger partial charge in [0.05, 0.1) is 18.5 Å². The molecule has 6 heteroatoms. The number of nitrogens with one attached hydrogen (secondary N) is 2. The molecule has 248 valence electrons. The quantitative estimate of drug-likeness (QED) is 0.191. The van der Waals surface area contributed by atoms with Crippen molar-refractivity contribution < 1.29 is 9.53 Å². The van der Waals surface area contributed by atoms with Crippen LogP contribution >= 0.6 is 0 Å². The normalized spacial score (nSPS) is 12.4. The number of carbonyl (C=O) groups is 1. The molecule has 0 unspecified atom stereocenters. The van der Waals surface area contributed by atoms with Gasteiger partial charge in [-0.3, -0.25) is 4.79 Å². The van der Waals surface area contributed by atoms with Gasteiger partial charge < -0.3 is 14.7 Å². The van der Waals surface area contributed by atoms with Crippen molar-refractivity contribution in [2.45, 2.75) is 0 Å². The summed E-state index contributed by atoms with van der Waals surface area (Å²) in [5.74, 6) is 0.143. The molecule has 3 aromatic heterocycles. The molecule has 6 nitrogen and oxygen atoms in total. The first-order valence-corrected chi connectivity index (χ1v) is 17.2. The highest BCUT2D eigenvalue weighted by Gasteiger charge is 2.25. The van der Waals surface area contributed by atoms with Gasteiger partial charge >= 0.3 is 0 Å². The Bertz CT molecular complexity index is 2710. The molecular weight excluding hydrogens is 641 g/mol. The summed E-state index contributed by atoms with van der Waals surface area (Å²) in [6.07, 6.45) is 5.72. The molecule has 4 aromatic carbocycles. The van der Waals surface area contributed by atoms with E-state index in [1.165, 1.54) is 0 Å². The van der Waals surface area contributed by atoms with Crippen LogP contribution in [0.2, 0.25) is 0 Å². The van der Waals surface area contributed by atoms with Crippen LogP contribution in [0.15, 0.2) is 152 Å². The highest BCUT2D eigenvalue weighted by molar-refractivity contribution is 6.14. The first-order chi connectivity index (χ1) is 25.7. The van der Waals surface area contributed by atoms with Crippen LogP contribution < -0.4 is 0 Å². The number of hydrogen-bond acceptors (Lipinski definition) is 4. The van der Waals surface area contributed by atoms with Crippen molar-refractivity contribution in [2.24, 2.45) is 0 Å². The van der Waals surface area contributed by atoms with E-state index in [9.17, 15) is 4.79 Å². The summed E-state index contributed by atoms with van der Waals surface area (Å²) in [6.45, 7) is 0. The van der Waals surface area contributed by atoms with Crippen molar-refractivity contribution >= 4 is 45.8 Å². The molecule has 0 saturated heterocycles. The van der Waals surface area contributed by atoms with E-state index in [1.54, 1.807) is 13.2 Å². The van der Waals surface area contributed by atoms with Crippen molar-refractivity contribution in [3.63, 3.8) is 0 Å². The van der Waals surface area contributed by atoms with E-state index in [0.29, 0.717) is 22.7 Å². The fraction of sp³-hybridized carbons (Fsp3) is 0.0217. The molecule has 0 atom stereocenters. The summed E-state index contributed by atoms with van der Waals surface area (Å²) in [5.41, 5.74) is 13.1.